The summed E-state index contributed by atoms with van der Waals surface area (Å²) in [4.78, 5) is 43.4. The van der Waals surface area contributed by atoms with Crippen LogP contribution in [-0.4, -0.2) is 40.7 Å². The summed E-state index contributed by atoms with van der Waals surface area (Å²) < 4.78 is 0. The fourth-order valence-corrected chi connectivity index (χ4v) is 5.78. The summed E-state index contributed by atoms with van der Waals surface area (Å²) in [6, 6.07) is 13.7. The van der Waals surface area contributed by atoms with Crippen LogP contribution in [0.15, 0.2) is 48.5 Å². The molecule has 6 heteroatoms. The number of carbonyl (C=O) groups excluding carboxylic acids is 3. The van der Waals surface area contributed by atoms with Crippen LogP contribution in [0.5, 0.6) is 0 Å². The summed E-state index contributed by atoms with van der Waals surface area (Å²) in [6.45, 7) is 9.95. The van der Waals surface area contributed by atoms with Crippen LogP contribution in [0.2, 0.25) is 0 Å². The van der Waals surface area contributed by atoms with Crippen LogP contribution in [-0.2, 0) is 33.6 Å². The van der Waals surface area contributed by atoms with E-state index in [9.17, 15) is 14.4 Å². The van der Waals surface area contributed by atoms with Crippen molar-refractivity contribution >= 4 is 17.7 Å². The molecule has 2 N–H and O–H groups in total. The number of hydrogen-bond acceptors (Lipinski definition) is 3. The standard InChI is InChI=1S/C30H39N3O3/c1-6-20-11-9-10-14-24(20)27(29(35)31-19(4)5)33-25(15-18(2)3)28(34)32-26(30(33)36)23-16-21-12-7-8-13-22(21)17-23/h7-14,18-19,23,25-27H,6,15-17H2,1-5H3,(H,31,35)(H,32,34)/t25-,26-,27-/m1/s1. The van der Waals surface area contributed by atoms with Gasteiger partial charge in [-0.3, -0.25) is 14.4 Å². The molecule has 0 unspecified atom stereocenters. The summed E-state index contributed by atoms with van der Waals surface area (Å²) in [5.74, 6) is -0.417. The topological polar surface area (TPSA) is 78.5 Å². The van der Waals surface area contributed by atoms with Gasteiger partial charge in [-0.15, -0.1) is 0 Å². The van der Waals surface area contributed by atoms with Gasteiger partial charge in [0.15, 0.2) is 0 Å². The van der Waals surface area contributed by atoms with E-state index in [2.05, 4.69) is 22.8 Å². The van der Waals surface area contributed by atoms with Crippen molar-refractivity contribution in [3.8, 4) is 0 Å². The maximum Gasteiger partial charge on any atom is 0.247 e. The number of amides is 3. The number of carbonyl (C=O) groups is 3. The Kier molecular flexibility index (Phi) is 7.82. The van der Waals surface area contributed by atoms with Gasteiger partial charge >= 0.3 is 0 Å². The first-order chi connectivity index (χ1) is 17.2. The molecule has 0 bridgehead atoms. The largest absolute Gasteiger partial charge is 0.352 e. The van der Waals surface area contributed by atoms with Gasteiger partial charge in [0.25, 0.3) is 0 Å². The van der Waals surface area contributed by atoms with Crippen LogP contribution in [0.1, 0.15) is 69.3 Å². The molecule has 1 heterocycles. The Balaban J connectivity index is 1.78. The molecule has 2 aromatic rings. The summed E-state index contributed by atoms with van der Waals surface area (Å²) in [6.07, 6.45) is 2.70. The SMILES string of the molecule is CCc1ccccc1[C@H](C(=O)NC(C)C)N1C(=O)[C@@H](C2Cc3ccccc3C2)NC(=O)[C@H]1CC(C)C. The van der Waals surface area contributed by atoms with E-state index in [0.29, 0.717) is 6.42 Å². The Hall–Kier alpha value is -3.15. The zero-order chi connectivity index (χ0) is 26.0. The lowest BCUT2D eigenvalue weighted by Crippen LogP contribution is -2.67. The van der Waals surface area contributed by atoms with Crippen molar-refractivity contribution < 1.29 is 14.4 Å². The molecule has 4 rings (SSSR count). The van der Waals surface area contributed by atoms with Gasteiger partial charge in [0.2, 0.25) is 17.7 Å². The Bertz CT molecular complexity index is 1100. The van der Waals surface area contributed by atoms with E-state index in [-0.39, 0.29) is 35.6 Å². The van der Waals surface area contributed by atoms with Gasteiger partial charge in [-0.2, -0.15) is 0 Å². The van der Waals surface area contributed by atoms with Crippen molar-refractivity contribution in [1.29, 1.82) is 0 Å². The fraction of sp³-hybridized carbons (Fsp3) is 0.500. The predicted molar refractivity (Wildman–Crippen MR) is 141 cm³/mol. The molecule has 0 radical (unpaired) electrons. The van der Waals surface area contributed by atoms with E-state index in [1.54, 1.807) is 4.90 Å². The lowest BCUT2D eigenvalue weighted by atomic mass is 9.87. The van der Waals surface area contributed by atoms with Gasteiger partial charge < -0.3 is 15.5 Å². The highest BCUT2D eigenvalue weighted by atomic mass is 16.2. The summed E-state index contributed by atoms with van der Waals surface area (Å²) in [5.41, 5.74) is 4.26. The van der Waals surface area contributed by atoms with E-state index in [1.807, 2.05) is 71.0 Å². The molecule has 1 aliphatic carbocycles. The number of aryl methyl sites for hydroxylation is 1. The van der Waals surface area contributed by atoms with Crippen LogP contribution < -0.4 is 10.6 Å². The maximum absolute atomic E-state index is 14.3. The second-order valence-electron chi connectivity index (χ2n) is 10.9. The van der Waals surface area contributed by atoms with E-state index in [4.69, 9.17) is 0 Å². The quantitative estimate of drug-likeness (QED) is 0.589. The van der Waals surface area contributed by atoms with Crippen molar-refractivity contribution in [2.75, 3.05) is 0 Å². The molecule has 36 heavy (non-hydrogen) atoms. The molecule has 0 aromatic heterocycles. The van der Waals surface area contributed by atoms with Crippen LogP contribution >= 0.6 is 0 Å². The highest BCUT2D eigenvalue weighted by molar-refractivity contribution is 6.00. The number of fused-ring (bicyclic) bond motifs is 1. The second-order valence-corrected chi connectivity index (χ2v) is 10.9. The van der Waals surface area contributed by atoms with Crippen LogP contribution in [0, 0.1) is 11.8 Å². The van der Waals surface area contributed by atoms with Crippen LogP contribution in [0.3, 0.4) is 0 Å². The molecule has 3 atom stereocenters. The van der Waals surface area contributed by atoms with Crippen molar-refractivity contribution in [3.05, 3.63) is 70.8 Å². The average molecular weight is 490 g/mol. The zero-order valence-electron chi connectivity index (χ0n) is 22.1. The first kappa shape index (κ1) is 25.9. The van der Waals surface area contributed by atoms with Gasteiger partial charge in [-0.05, 0) is 73.6 Å². The van der Waals surface area contributed by atoms with E-state index < -0.39 is 18.1 Å². The molecule has 0 saturated carbocycles. The Morgan fingerprint density at radius 3 is 2.19 bits per heavy atom. The van der Waals surface area contributed by atoms with Crippen LogP contribution in [0.25, 0.3) is 0 Å². The number of nitrogens with one attached hydrogen (secondary N) is 2. The molecule has 3 amide bonds. The third-order valence-electron chi connectivity index (χ3n) is 7.39. The van der Waals surface area contributed by atoms with E-state index in [1.165, 1.54) is 11.1 Å². The van der Waals surface area contributed by atoms with Gasteiger partial charge in [-0.1, -0.05) is 69.3 Å². The fourth-order valence-electron chi connectivity index (χ4n) is 5.78. The second kappa shape index (κ2) is 10.9. The minimum atomic E-state index is -0.864. The smallest absolute Gasteiger partial charge is 0.247 e. The number of benzene rings is 2. The first-order valence-corrected chi connectivity index (χ1v) is 13.3. The lowest BCUT2D eigenvalue weighted by Gasteiger charge is -2.45. The Labute approximate surface area is 214 Å². The molecular weight excluding hydrogens is 450 g/mol. The van der Waals surface area contributed by atoms with Gasteiger partial charge in [0, 0.05) is 6.04 Å². The minimum absolute atomic E-state index is 0.0309. The molecule has 1 aliphatic heterocycles. The number of hydrogen-bond donors (Lipinski definition) is 2. The normalized spacial score (nSPS) is 21.0. The summed E-state index contributed by atoms with van der Waals surface area (Å²) >= 11 is 0. The third-order valence-corrected chi connectivity index (χ3v) is 7.39. The first-order valence-electron chi connectivity index (χ1n) is 13.3. The highest BCUT2D eigenvalue weighted by Crippen LogP contribution is 2.36. The zero-order valence-corrected chi connectivity index (χ0v) is 22.1. The minimum Gasteiger partial charge on any atom is -0.352 e. The Morgan fingerprint density at radius 2 is 1.61 bits per heavy atom. The van der Waals surface area contributed by atoms with Crippen molar-refractivity contribution in [3.63, 3.8) is 0 Å². The maximum atomic E-state index is 14.3. The van der Waals surface area contributed by atoms with Gasteiger partial charge in [0.05, 0.1) is 0 Å². The third kappa shape index (κ3) is 5.18. The number of piperazine rings is 1. The number of nitrogens with zero attached hydrogens (tertiary/aromatic N) is 1. The molecule has 6 nitrogen and oxygen atoms in total. The van der Waals surface area contributed by atoms with Crippen LogP contribution in [0.4, 0.5) is 0 Å². The monoisotopic (exact) mass is 489 g/mol. The molecular formula is C30H39N3O3. The Morgan fingerprint density at radius 1 is 1.00 bits per heavy atom. The molecule has 2 aromatic carbocycles. The molecule has 1 fully saturated rings. The number of rotatable bonds is 8. The summed E-state index contributed by atoms with van der Waals surface area (Å²) in [7, 11) is 0. The van der Waals surface area contributed by atoms with Gasteiger partial charge in [-0.25, -0.2) is 0 Å². The average Bonchev–Trinajstić information content (AvgIpc) is 3.26. The van der Waals surface area contributed by atoms with Gasteiger partial charge in [0.1, 0.15) is 18.1 Å². The molecule has 192 valence electrons. The van der Waals surface area contributed by atoms with Crippen molar-refractivity contribution in [2.24, 2.45) is 11.8 Å². The molecule has 2 aliphatic rings. The molecule has 0 spiro atoms. The van der Waals surface area contributed by atoms with E-state index in [0.717, 1.165) is 30.4 Å². The lowest BCUT2D eigenvalue weighted by molar-refractivity contribution is -0.158. The highest BCUT2D eigenvalue weighted by Gasteiger charge is 2.49. The van der Waals surface area contributed by atoms with Crippen molar-refractivity contribution in [2.45, 2.75) is 84.5 Å². The summed E-state index contributed by atoms with van der Waals surface area (Å²) in [5, 5.41) is 6.11. The molecule has 1 saturated heterocycles. The predicted octanol–water partition coefficient (Wildman–Crippen LogP) is 3.97. The van der Waals surface area contributed by atoms with Crippen molar-refractivity contribution in [1.82, 2.24) is 15.5 Å². The van der Waals surface area contributed by atoms with E-state index >= 15 is 0 Å².